The second-order valence-corrected chi connectivity index (χ2v) is 4.71. The number of carbonyl (C=O) groups excluding carboxylic acids is 1. The lowest BCUT2D eigenvalue weighted by Gasteiger charge is -2.21. The van der Waals surface area contributed by atoms with Crippen molar-refractivity contribution in [2.45, 2.75) is 32.5 Å². The van der Waals surface area contributed by atoms with Crippen molar-refractivity contribution in [3.8, 4) is 0 Å². The Hall–Kier alpha value is -2.04. The fraction of sp³-hybridized carbons (Fsp3) is 0.385. The highest BCUT2D eigenvalue weighted by Crippen LogP contribution is 2.19. The number of carboxylic acid groups (broad SMARTS) is 1. The molecule has 0 amide bonds. The van der Waals surface area contributed by atoms with Gasteiger partial charge in [-0.1, -0.05) is 30.3 Å². The van der Waals surface area contributed by atoms with Crippen LogP contribution < -0.4 is 0 Å². The Kier molecular flexibility index (Phi) is 4.31. The third kappa shape index (κ3) is 4.45. The molecule has 1 unspecified atom stereocenters. The predicted octanol–water partition coefficient (Wildman–Crippen LogP) is 2.76. The van der Waals surface area contributed by atoms with Crippen LogP contribution in [0, 0.1) is 0 Å². The van der Waals surface area contributed by atoms with E-state index < -0.39 is 23.8 Å². The first-order valence-electron chi connectivity index (χ1n) is 5.47. The molecule has 0 spiro atoms. The minimum absolute atomic E-state index is 0.385. The van der Waals surface area contributed by atoms with Gasteiger partial charge >= 0.3 is 12.1 Å². The monoisotopic (exact) mass is 252 g/mol. The van der Waals surface area contributed by atoms with Gasteiger partial charge in [0.25, 0.3) is 0 Å². The summed E-state index contributed by atoms with van der Waals surface area (Å²) in [5.41, 5.74) is -0.340. The minimum Gasteiger partial charge on any atom is -0.478 e. The van der Waals surface area contributed by atoms with Crippen molar-refractivity contribution in [1.29, 1.82) is 0 Å². The molecule has 1 aromatic carbocycles. The number of aliphatic carboxylic acids is 1. The smallest absolute Gasteiger partial charge is 0.478 e. The average molecular weight is 252 g/mol. The van der Waals surface area contributed by atoms with Crippen LogP contribution in [-0.4, -0.2) is 22.8 Å². The van der Waals surface area contributed by atoms with E-state index in [0.29, 0.717) is 5.56 Å². The topological polar surface area (TPSA) is 72.8 Å². The summed E-state index contributed by atoms with van der Waals surface area (Å²) in [6.45, 7) is 5.02. The number of benzene rings is 1. The summed E-state index contributed by atoms with van der Waals surface area (Å²) in [6.07, 6.45) is -2.36. The molecule has 5 nitrogen and oxygen atoms in total. The number of carbonyl (C=O) groups is 2. The van der Waals surface area contributed by atoms with Gasteiger partial charge in [-0.05, 0) is 20.8 Å². The highest BCUT2D eigenvalue weighted by molar-refractivity contribution is 5.77. The van der Waals surface area contributed by atoms with Gasteiger partial charge in [0.05, 0.1) is 0 Å². The van der Waals surface area contributed by atoms with E-state index in [1.807, 2.05) is 0 Å². The largest absolute Gasteiger partial charge is 0.509 e. The second-order valence-electron chi connectivity index (χ2n) is 4.71. The number of hydrogen-bond donors (Lipinski definition) is 1. The molecule has 18 heavy (non-hydrogen) atoms. The average Bonchev–Trinajstić information content (AvgIpc) is 2.24. The van der Waals surface area contributed by atoms with Crippen LogP contribution in [0.1, 0.15) is 32.4 Å². The third-order valence-electron chi connectivity index (χ3n) is 1.93. The molecule has 0 aliphatic heterocycles. The van der Waals surface area contributed by atoms with E-state index in [9.17, 15) is 9.59 Å². The van der Waals surface area contributed by atoms with Gasteiger partial charge < -0.3 is 14.6 Å². The Bertz CT molecular complexity index is 419. The number of carboxylic acids is 1. The Balaban J connectivity index is 2.77. The van der Waals surface area contributed by atoms with Crippen LogP contribution >= 0.6 is 0 Å². The summed E-state index contributed by atoms with van der Waals surface area (Å²) in [5, 5.41) is 9.04. The second kappa shape index (κ2) is 5.53. The lowest BCUT2D eigenvalue weighted by molar-refractivity contribution is -0.149. The van der Waals surface area contributed by atoms with Gasteiger partial charge in [0.15, 0.2) is 0 Å². The normalized spacial score (nSPS) is 12.6. The Morgan fingerprint density at radius 3 is 2.17 bits per heavy atom. The van der Waals surface area contributed by atoms with Crippen molar-refractivity contribution in [2.75, 3.05) is 0 Å². The van der Waals surface area contributed by atoms with E-state index in [1.165, 1.54) is 0 Å². The standard InChI is InChI=1S/C13H16O5/c1-13(2,3)18-12(16)17-10(11(14)15)9-7-5-4-6-8-9/h4-8,10H,1-3H3,(H,14,15). The Morgan fingerprint density at radius 1 is 1.17 bits per heavy atom. The van der Waals surface area contributed by atoms with Crippen LogP contribution in [0.5, 0.6) is 0 Å². The van der Waals surface area contributed by atoms with E-state index in [1.54, 1.807) is 51.1 Å². The summed E-state index contributed by atoms with van der Waals surface area (Å²) in [6, 6.07) is 8.23. The summed E-state index contributed by atoms with van der Waals surface area (Å²) < 4.78 is 9.73. The highest BCUT2D eigenvalue weighted by atomic mass is 16.7. The fourth-order valence-corrected chi connectivity index (χ4v) is 1.26. The summed E-state index contributed by atoms with van der Waals surface area (Å²) >= 11 is 0. The molecular formula is C13H16O5. The highest BCUT2D eigenvalue weighted by Gasteiger charge is 2.27. The molecule has 1 rings (SSSR count). The van der Waals surface area contributed by atoms with Crippen molar-refractivity contribution in [3.05, 3.63) is 35.9 Å². The molecule has 0 aromatic heterocycles. The Labute approximate surface area is 105 Å². The molecule has 0 radical (unpaired) electrons. The molecule has 0 fully saturated rings. The van der Waals surface area contributed by atoms with Crippen LogP contribution in [0.2, 0.25) is 0 Å². The summed E-state index contributed by atoms with van der Waals surface area (Å²) in [7, 11) is 0. The number of ether oxygens (including phenoxy) is 2. The van der Waals surface area contributed by atoms with Crippen LogP contribution in [0.25, 0.3) is 0 Å². The number of rotatable bonds is 3. The molecule has 5 heteroatoms. The SMILES string of the molecule is CC(C)(C)OC(=O)OC(C(=O)O)c1ccccc1. The molecule has 0 aliphatic rings. The molecule has 0 saturated heterocycles. The zero-order valence-electron chi connectivity index (χ0n) is 10.5. The zero-order chi connectivity index (χ0) is 13.8. The van der Waals surface area contributed by atoms with E-state index in [4.69, 9.17) is 14.6 Å². The van der Waals surface area contributed by atoms with Crippen LogP contribution in [0.3, 0.4) is 0 Å². The van der Waals surface area contributed by atoms with Crippen LogP contribution in [0.4, 0.5) is 4.79 Å². The first-order valence-corrected chi connectivity index (χ1v) is 5.47. The molecule has 98 valence electrons. The minimum atomic E-state index is -1.36. The zero-order valence-corrected chi connectivity index (χ0v) is 10.5. The van der Waals surface area contributed by atoms with Crippen molar-refractivity contribution in [1.82, 2.24) is 0 Å². The maximum absolute atomic E-state index is 11.4. The van der Waals surface area contributed by atoms with Gasteiger partial charge in [0, 0.05) is 5.56 Å². The van der Waals surface area contributed by atoms with Gasteiger partial charge in [-0.15, -0.1) is 0 Å². The first-order chi connectivity index (χ1) is 8.29. The molecule has 0 heterocycles. The van der Waals surface area contributed by atoms with Gasteiger partial charge in [0.1, 0.15) is 5.60 Å². The maximum Gasteiger partial charge on any atom is 0.509 e. The van der Waals surface area contributed by atoms with E-state index in [0.717, 1.165) is 0 Å². The van der Waals surface area contributed by atoms with E-state index >= 15 is 0 Å². The van der Waals surface area contributed by atoms with Crippen LogP contribution in [0.15, 0.2) is 30.3 Å². The fourth-order valence-electron chi connectivity index (χ4n) is 1.26. The predicted molar refractivity (Wildman–Crippen MR) is 64.1 cm³/mol. The molecule has 0 aliphatic carbocycles. The molecule has 1 atom stereocenters. The third-order valence-corrected chi connectivity index (χ3v) is 1.93. The van der Waals surface area contributed by atoms with E-state index in [2.05, 4.69) is 0 Å². The first kappa shape index (κ1) is 14.0. The lowest BCUT2D eigenvalue weighted by atomic mass is 10.1. The van der Waals surface area contributed by atoms with Gasteiger partial charge in [-0.3, -0.25) is 0 Å². The van der Waals surface area contributed by atoms with Gasteiger partial charge in [-0.25, -0.2) is 9.59 Å². The van der Waals surface area contributed by atoms with Gasteiger partial charge in [-0.2, -0.15) is 0 Å². The van der Waals surface area contributed by atoms with E-state index in [-0.39, 0.29) is 0 Å². The van der Waals surface area contributed by atoms with Crippen molar-refractivity contribution in [2.24, 2.45) is 0 Å². The van der Waals surface area contributed by atoms with Crippen molar-refractivity contribution in [3.63, 3.8) is 0 Å². The number of hydrogen-bond acceptors (Lipinski definition) is 4. The van der Waals surface area contributed by atoms with Crippen molar-refractivity contribution >= 4 is 12.1 Å². The van der Waals surface area contributed by atoms with Crippen LogP contribution in [-0.2, 0) is 14.3 Å². The summed E-state index contributed by atoms with van der Waals surface area (Å²) in [5.74, 6) is -1.24. The quantitative estimate of drug-likeness (QED) is 0.837. The maximum atomic E-state index is 11.4. The molecule has 0 saturated carbocycles. The molecule has 1 aromatic rings. The van der Waals surface area contributed by atoms with Crippen molar-refractivity contribution < 1.29 is 24.2 Å². The molecule has 1 N–H and O–H groups in total. The molecule has 0 bridgehead atoms. The lowest BCUT2D eigenvalue weighted by Crippen LogP contribution is -2.27. The molecular weight excluding hydrogens is 236 g/mol. The Morgan fingerprint density at radius 2 is 1.72 bits per heavy atom. The van der Waals surface area contributed by atoms with Gasteiger partial charge in [0.2, 0.25) is 6.10 Å². The summed E-state index contributed by atoms with van der Waals surface area (Å²) in [4.78, 5) is 22.5.